The maximum absolute atomic E-state index is 11.8. The second-order valence-electron chi connectivity index (χ2n) is 4.68. The van der Waals surface area contributed by atoms with Gasteiger partial charge in [0.1, 0.15) is 6.10 Å². The number of benzene rings is 2. The highest BCUT2D eigenvalue weighted by Crippen LogP contribution is 2.04. The molecule has 0 aromatic heterocycles. The summed E-state index contributed by atoms with van der Waals surface area (Å²) in [5.74, 6) is -0.290. The molecule has 0 saturated carbocycles. The molecule has 21 heavy (non-hydrogen) atoms. The van der Waals surface area contributed by atoms with E-state index >= 15 is 0 Å². The van der Waals surface area contributed by atoms with E-state index in [-0.39, 0.29) is 5.91 Å². The molecule has 2 rings (SSSR count). The van der Waals surface area contributed by atoms with Gasteiger partial charge in [-0.15, -0.1) is 0 Å². The summed E-state index contributed by atoms with van der Waals surface area (Å²) >= 11 is 0. The van der Waals surface area contributed by atoms with Gasteiger partial charge >= 0.3 is 0 Å². The molecule has 1 N–H and O–H groups in total. The average molecular weight is 285 g/mol. The quantitative estimate of drug-likeness (QED) is 0.796. The Morgan fingerprint density at radius 3 is 2.05 bits per heavy atom. The summed E-state index contributed by atoms with van der Waals surface area (Å²) < 4.78 is 5.50. The molecule has 0 aliphatic heterocycles. The molecule has 0 aliphatic rings. The molecule has 4 heteroatoms. The molecule has 0 fully saturated rings. The molecule has 0 heterocycles. The van der Waals surface area contributed by atoms with Gasteiger partial charge in [-0.1, -0.05) is 60.7 Å². The van der Waals surface area contributed by atoms with Crippen molar-refractivity contribution in [2.45, 2.75) is 26.2 Å². The Morgan fingerprint density at radius 1 is 0.952 bits per heavy atom. The van der Waals surface area contributed by atoms with Gasteiger partial charge in [0.15, 0.2) is 0 Å². The lowest BCUT2D eigenvalue weighted by molar-refractivity contribution is -0.146. The molecular weight excluding hydrogens is 266 g/mol. The van der Waals surface area contributed by atoms with Gasteiger partial charge in [-0.25, -0.2) is 5.48 Å². The molecule has 0 saturated heterocycles. The van der Waals surface area contributed by atoms with E-state index in [2.05, 4.69) is 5.48 Å². The van der Waals surface area contributed by atoms with Crippen molar-refractivity contribution in [3.63, 3.8) is 0 Å². The van der Waals surface area contributed by atoms with Gasteiger partial charge in [0.05, 0.1) is 13.2 Å². The van der Waals surface area contributed by atoms with Crippen LogP contribution in [0.3, 0.4) is 0 Å². The van der Waals surface area contributed by atoms with Crippen LogP contribution in [0.25, 0.3) is 0 Å². The third kappa shape index (κ3) is 5.38. The molecule has 110 valence electrons. The van der Waals surface area contributed by atoms with Gasteiger partial charge in [0.25, 0.3) is 5.91 Å². The summed E-state index contributed by atoms with van der Waals surface area (Å²) in [6.07, 6.45) is -0.569. The number of amides is 1. The van der Waals surface area contributed by atoms with Crippen molar-refractivity contribution in [2.75, 3.05) is 0 Å². The highest BCUT2D eigenvalue weighted by atomic mass is 16.7. The lowest BCUT2D eigenvalue weighted by Crippen LogP contribution is -2.34. The maximum Gasteiger partial charge on any atom is 0.272 e. The Labute approximate surface area is 124 Å². The van der Waals surface area contributed by atoms with Crippen molar-refractivity contribution in [2.24, 2.45) is 0 Å². The molecule has 1 amide bonds. The highest BCUT2D eigenvalue weighted by Gasteiger charge is 2.13. The third-order valence-electron chi connectivity index (χ3n) is 2.97. The minimum atomic E-state index is -0.569. The summed E-state index contributed by atoms with van der Waals surface area (Å²) in [5, 5.41) is 0. The van der Waals surface area contributed by atoms with Gasteiger partial charge in [0, 0.05) is 0 Å². The summed E-state index contributed by atoms with van der Waals surface area (Å²) in [6, 6.07) is 19.4. The predicted octanol–water partition coefficient (Wildman–Crippen LogP) is 2.84. The maximum atomic E-state index is 11.8. The molecule has 0 spiro atoms. The summed E-state index contributed by atoms with van der Waals surface area (Å²) in [4.78, 5) is 17.0. The fraction of sp³-hybridized carbons (Fsp3) is 0.235. The number of hydrogen-bond donors (Lipinski definition) is 1. The van der Waals surface area contributed by atoms with Crippen molar-refractivity contribution in [1.29, 1.82) is 0 Å². The zero-order valence-corrected chi connectivity index (χ0v) is 12.0. The van der Waals surface area contributed by atoms with Gasteiger partial charge < -0.3 is 4.74 Å². The molecule has 0 radical (unpaired) electrons. The smallest absolute Gasteiger partial charge is 0.272 e. The second kappa shape index (κ2) is 8.19. The van der Waals surface area contributed by atoms with Crippen LogP contribution in [-0.2, 0) is 27.6 Å². The first-order chi connectivity index (χ1) is 10.3. The van der Waals surface area contributed by atoms with E-state index in [4.69, 9.17) is 9.57 Å². The predicted molar refractivity (Wildman–Crippen MR) is 80.1 cm³/mol. The summed E-state index contributed by atoms with van der Waals surface area (Å²) in [7, 11) is 0. The van der Waals surface area contributed by atoms with Crippen LogP contribution >= 0.6 is 0 Å². The number of carbonyl (C=O) groups excluding carboxylic acids is 1. The molecule has 2 aromatic carbocycles. The molecular formula is C17H19NO3. The number of nitrogens with one attached hydrogen (secondary N) is 1. The van der Waals surface area contributed by atoms with Crippen molar-refractivity contribution in [1.82, 2.24) is 5.48 Å². The Hall–Kier alpha value is -2.17. The average Bonchev–Trinajstić information content (AvgIpc) is 2.54. The fourth-order valence-electron chi connectivity index (χ4n) is 1.72. The van der Waals surface area contributed by atoms with Gasteiger partial charge in [0.2, 0.25) is 0 Å². The van der Waals surface area contributed by atoms with E-state index in [0.29, 0.717) is 13.2 Å². The van der Waals surface area contributed by atoms with Crippen molar-refractivity contribution >= 4 is 5.91 Å². The Balaban J connectivity index is 1.68. The Morgan fingerprint density at radius 2 is 1.48 bits per heavy atom. The lowest BCUT2D eigenvalue weighted by Gasteiger charge is -2.13. The Bertz CT molecular complexity index is 542. The number of hydroxylamine groups is 1. The number of rotatable bonds is 7. The normalized spacial score (nSPS) is 11.9. The first-order valence-electron chi connectivity index (χ1n) is 6.87. The molecule has 1 atom stereocenters. The third-order valence-corrected chi connectivity index (χ3v) is 2.97. The largest absolute Gasteiger partial charge is 0.364 e. The topological polar surface area (TPSA) is 47.6 Å². The van der Waals surface area contributed by atoms with Crippen LogP contribution in [-0.4, -0.2) is 12.0 Å². The van der Waals surface area contributed by atoms with Gasteiger partial charge in [-0.3, -0.25) is 9.63 Å². The zero-order chi connectivity index (χ0) is 14.9. The molecule has 4 nitrogen and oxygen atoms in total. The van der Waals surface area contributed by atoms with Gasteiger partial charge in [-0.05, 0) is 18.1 Å². The van der Waals surface area contributed by atoms with Crippen molar-refractivity contribution < 1.29 is 14.4 Å². The highest BCUT2D eigenvalue weighted by molar-refractivity contribution is 5.79. The Kier molecular flexibility index (Phi) is 5.94. The number of ether oxygens (including phenoxy) is 1. The zero-order valence-electron chi connectivity index (χ0n) is 12.0. The van der Waals surface area contributed by atoms with E-state index < -0.39 is 6.10 Å². The van der Waals surface area contributed by atoms with E-state index in [1.807, 2.05) is 60.7 Å². The molecule has 2 aromatic rings. The lowest BCUT2D eigenvalue weighted by atomic mass is 10.2. The minimum absolute atomic E-state index is 0.290. The summed E-state index contributed by atoms with van der Waals surface area (Å²) in [5.41, 5.74) is 4.43. The van der Waals surface area contributed by atoms with E-state index in [9.17, 15) is 4.79 Å². The van der Waals surface area contributed by atoms with Crippen LogP contribution in [0.2, 0.25) is 0 Å². The van der Waals surface area contributed by atoms with Crippen LogP contribution in [0.5, 0.6) is 0 Å². The first kappa shape index (κ1) is 15.2. The molecule has 0 bridgehead atoms. The number of carbonyl (C=O) groups is 1. The van der Waals surface area contributed by atoms with Crippen LogP contribution < -0.4 is 5.48 Å². The van der Waals surface area contributed by atoms with Crippen molar-refractivity contribution in [3.8, 4) is 0 Å². The monoisotopic (exact) mass is 285 g/mol. The first-order valence-corrected chi connectivity index (χ1v) is 6.87. The number of hydrogen-bond acceptors (Lipinski definition) is 3. The molecule has 0 aliphatic carbocycles. The van der Waals surface area contributed by atoms with Gasteiger partial charge in [-0.2, -0.15) is 0 Å². The van der Waals surface area contributed by atoms with Crippen LogP contribution in [0.15, 0.2) is 60.7 Å². The van der Waals surface area contributed by atoms with E-state index in [0.717, 1.165) is 11.1 Å². The standard InChI is InChI=1S/C17H19NO3/c1-14(20-12-15-8-4-2-5-9-15)17(19)18-21-13-16-10-6-3-7-11-16/h2-11,14H,12-13H2,1H3,(H,18,19). The minimum Gasteiger partial charge on any atom is -0.364 e. The second-order valence-corrected chi connectivity index (χ2v) is 4.68. The SMILES string of the molecule is CC(OCc1ccccc1)C(=O)NOCc1ccccc1. The van der Waals surface area contributed by atoms with E-state index in [1.54, 1.807) is 6.92 Å². The van der Waals surface area contributed by atoms with Crippen LogP contribution in [0, 0.1) is 0 Å². The fourth-order valence-corrected chi connectivity index (χ4v) is 1.72. The summed E-state index contributed by atoms with van der Waals surface area (Å²) in [6.45, 7) is 2.43. The van der Waals surface area contributed by atoms with Crippen LogP contribution in [0.4, 0.5) is 0 Å². The van der Waals surface area contributed by atoms with Crippen LogP contribution in [0.1, 0.15) is 18.1 Å². The molecule has 1 unspecified atom stereocenters. The van der Waals surface area contributed by atoms with Crippen molar-refractivity contribution in [3.05, 3.63) is 71.8 Å². The van der Waals surface area contributed by atoms with E-state index in [1.165, 1.54) is 0 Å².